The van der Waals surface area contributed by atoms with Gasteiger partial charge in [0.25, 0.3) is 0 Å². The molecule has 186 valence electrons. The molecule has 0 aromatic heterocycles. The summed E-state index contributed by atoms with van der Waals surface area (Å²) in [5.74, 6) is -2.71. The van der Waals surface area contributed by atoms with E-state index < -0.39 is 28.2 Å². The van der Waals surface area contributed by atoms with Crippen molar-refractivity contribution >= 4 is 34.8 Å². The summed E-state index contributed by atoms with van der Waals surface area (Å²) >= 11 is 0. The number of carbonyl (C=O) groups is 3. The van der Waals surface area contributed by atoms with Gasteiger partial charge >= 0.3 is 5.69 Å². The number of carbonyl (C=O) groups excluding carboxylic acids is 3. The predicted molar refractivity (Wildman–Crippen MR) is 130 cm³/mol. The SMILES string of the molecule is COc1cc(N2C(=O)C3C4CCCN4C4(C(=O)Nc5c4ccc(C)c5C)C3C2=O)c(C)cc1[N+](=O)[O-]. The van der Waals surface area contributed by atoms with Crippen LogP contribution in [-0.2, 0) is 19.9 Å². The second-order valence-corrected chi connectivity index (χ2v) is 10.1. The fraction of sp³-hybridized carbons (Fsp3) is 0.423. The summed E-state index contributed by atoms with van der Waals surface area (Å²) in [5.41, 5.74) is 2.59. The van der Waals surface area contributed by atoms with Crippen LogP contribution in [0, 0.1) is 42.7 Å². The number of nitro groups is 1. The number of benzene rings is 2. The van der Waals surface area contributed by atoms with Gasteiger partial charge in [-0.15, -0.1) is 0 Å². The Bertz CT molecular complexity index is 1400. The predicted octanol–water partition coefficient (Wildman–Crippen LogP) is 2.96. The molecule has 36 heavy (non-hydrogen) atoms. The Kier molecular flexibility index (Phi) is 4.63. The van der Waals surface area contributed by atoms with Crippen molar-refractivity contribution in [2.24, 2.45) is 11.8 Å². The fourth-order valence-corrected chi connectivity index (χ4v) is 6.97. The lowest BCUT2D eigenvalue weighted by atomic mass is 9.75. The molecule has 4 aliphatic heterocycles. The minimum atomic E-state index is -1.26. The number of ether oxygens (including phenoxy) is 1. The van der Waals surface area contributed by atoms with Crippen LogP contribution in [0.2, 0.25) is 0 Å². The van der Waals surface area contributed by atoms with Gasteiger partial charge in [-0.3, -0.25) is 29.4 Å². The summed E-state index contributed by atoms with van der Waals surface area (Å²) in [5, 5.41) is 14.5. The van der Waals surface area contributed by atoms with Crippen LogP contribution in [0.15, 0.2) is 24.3 Å². The lowest BCUT2D eigenvalue weighted by molar-refractivity contribution is -0.385. The zero-order chi connectivity index (χ0) is 25.7. The Labute approximate surface area is 207 Å². The van der Waals surface area contributed by atoms with Crippen molar-refractivity contribution < 1.29 is 24.0 Å². The minimum Gasteiger partial charge on any atom is -0.490 e. The topological polar surface area (TPSA) is 122 Å². The van der Waals surface area contributed by atoms with Crippen LogP contribution < -0.4 is 15.0 Å². The van der Waals surface area contributed by atoms with Gasteiger partial charge in [0.05, 0.1) is 29.6 Å². The summed E-state index contributed by atoms with van der Waals surface area (Å²) in [6.07, 6.45) is 1.54. The van der Waals surface area contributed by atoms with Crippen LogP contribution >= 0.6 is 0 Å². The van der Waals surface area contributed by atoms with E-state index in [1.807, 2.05) is 26.0 Å². The van der Waals surface area contributed by atoms with E-state index in [-0.39, 0.29) is 35.0 Å². The summed E-state index contributed by atoms with van der Waals surface area (Å²) in [6, 6.07) is 6.31. The molecule has 0 bridgehead atoms. The molecular formula is C26H26N4O6. The Hall–Kier alpha value is -3.79. The lowest BCUT2D eigenvalue weighted by Gasteiger charge is -2.36. The maximum absolute atomic E-state index is 14.2. The third-order valence-corrected chi connectivity index (χ3v) is 8.63. The number of methoxy groups -OCH3 is 1. The van der Waals surface area contributed by atoms with Gasteiger partial charge in [-0.05, 0) is 56.8 Å². The second kappa shape index (κ2) is 7.36. The zero-order valence-electron chi connectivity index (χ0n) is 20.5. The quantitative estimate of drug-likeness (QED) is 0.399. The summed E-state index contributed by atoms with van der Waals surface area (Å²) in [7, 11) is 1.30. The van der Waals surface area contributed by atoms with Crippen molar-refractivity contribution in [1.82, 2.24) is 4.90 Å². The molecule has 1 N–H and O–H groups in total. The maximum atomic E-state index is 14.2. The average Bonchev–Trinajstić information content (AvgIpc) is 3.55. The first kappa shape index (κ1) is 22.7. The molecule has 10 nitrogen and oxygen atoms in total. The van der Waals surface area contributed by atoms with Crippen molar-refractivity contribution in [1.29, 1.82) is 0 Å². The molecule has 3 saturated heterocycles. The molecule has 3 amide bonds. The standard InChI is InChI=1S/C26H26N4O6/c1-12-7-8-15-22(14(12)3)27-25(33)26(15)21-20(16-6-5-9-28(16)26)23(31)29(24(21)32)17-11-19(36-4)18(30(34)35)10-13(17)2/h7-8,10-11,16,20-21H,5-6,9H2,1-4H3,(H,27,33). The summed E-state index contributed by atoms with van der Waals surface area (Å²) in [6.45, 7) is 6.17. The van der Waals surface area contributed by atoms with Crippen LogP contribution in [-0.4, -0.2) is 47.2 Å². The van der Waals surface area contributed by atoms with E-state index in [9.17, 15) is 24.5 Å². The maximum Gasteiger partial charge on any atom is 0.311 e. The number of aryl methyl sites for hydroxylation is 2. The molecule has 4 heterocycles. The normalized spacial score (nSPS) is 28.5. The Morgan fingerprint density at radius 3 is 2.56 bits per heavy atom. The highest BCUT2D eigenvalue weighted by Crippen LogP contribution is 2.61. The number of anilines is 2. The highest BCUT2D eigenvalue weighted by molar-refractivity contribution is 6.26. The Morgan fingerprint density at radius 2 is 1.86 bits per heavy atom. The van der Waals surface area contributed by atoms with Crippen molar-refractivity contribution in [2.45, 2.75) is 45.2 Å². The fourth-order valence-electron chi connectivity index (χ4n) is 6.97. The largest absolute Gasteiger partial charge is 0.490 e. The van der Waals surface area contributed by atoms with E-state index in [0.717, 1.165) is 33.7 Å². The van der Waals surface area contributed by atoms with E-state index in [4.69, 9.17) is 4.74 Å². The van der Waals surface area contributed by atoms with Crippen LogP contribution in [0.25, 0.3) is 0 Å². The highest BCUT2D eigenvalue weighted by Gasteiger charge is 2.74. The number of nitrogens with zero attached hydrogens (tertiary/aromatic N) is 3. The molecule has 0 aliphatic carbocycles. The number of amides is 3. The van der Waals surface area contributed by atoms with E-state index in [1.165, 1.54) is 19.2 Å². The molecule has 4 unspecified atom stereocenters. The first-order chi connectivity index (χ1) is 17.1. The van der Waals surface area contributed by atoms with Crippen molar-refractivity contribution in [3.63, 3.8) is 0 Å². The number of hydrogen-bond donors (Lipinski definition) is 1. The van der Waals surface area contributed by atoms with Crippen LogP contribution in [0.5, 0.6) is 5.75 Å². The third kappa shape index (κ3) is 2.52. The molecule has 2 aromatic carbocycles. The average molecular weight is 491 g/mol. The number of nitrogens with one attached hydrogen (secondary N) is 1. The molecule has 0 saturated carbocycles. The van der Waals surface area contributed by atoms with Crippen molar-refractivity contribution in [2.75, 3.05) is 23.9 Å². The highest BCUT2D eigenvalue weighted by atomic mass is 16.6. The number of nitro benzene ring substituents is 1. The van der Waals surface area contributed by atoms with Gasteiger partial charge in [-0.1, -0.05) is 12.1 Å². The van der Waals surface area contributed by atoms with E-state index in [1.54, 1.807) is 6.92 Å². The number of fused-ring (bicyclic) bond motifs is 7. The van der Waals surface area contributed by atoms with Gasteiger partial charge in [0.15, 0.2) is 5.75 Å². The van der Waals surface area contributed by atoms with Gasteiger partial charge in [0, 0.05) is 29.4 Å². The minimum absolute atomic E-state index is 0.0366. The molecule has 10 heteroatoms. The summed E-state index contributed by atoms with van der Waals surface area (Å²) < 4.78 is 5.21. The Morgan fingerprint density at radius 1 is 1.11 bits per heavy atom. The third-order valence-electron chi connectivity index (χ3n) is 8.63. The first-order valence-corrected chi connectivity index (χ1v) is 12.0. The monoisotopic (exact) mass is 490 g/mol. The first-order valence-electron chi connectivity index (χ1n) is 12.0. The van der Waals surface area contributed by atoms with Gasteiger partial charge in [0.2, 0.25) is 17.7 Å². The Balaban J connectivity index is 1.54. The van der Waals surface area contributed by atoms with E-state index in [0.29, 0.717) is 18.5 Å². The van der Waals surface area contributed by atoms with Gasteiger partial charge in [-0.25, -0.2) is 4.90 Å². The molecular weight excluding hydrogens is 464 g/mol. The van der Waals surface area contributed by atoms with Crippen molar-refractivity contribution in [3.8, 4) is 5.75 Å². The number of imide groups is 1. The smallest absolute Gasteiger partial charge is 0.311 e. The van der Waals surface area contributed by atoms with Gasteiger partial charge in [0.1, 0.15) is 5.54 Å². The van der Waals surface area contributed by atoms with Gasteiger partial charge in [-0.2, -0.15) is 0 Å². The number of hydrogen-bond acceptors (Lipinski definition) is 7. The zero-order valence-corrected chi connectivity index (χ0v) is 20.5. The van der Waals surface area contributed by atoms with Gasteiger partial charge < -0.3 is 10.1 Å². The lowest BCUT2D eigenvalue weighted by Crippen LogP contribution is -2.54. The molecule has 4 aliphatic rings. The van der Waals surface area contributed by atoms with Crippen molar-refractivity contribution in [3.05, 3.63) is 56.6 Å². The van der Waals surface area contributed by atoms with E-state index in [2.05, 4.69) is 10.2 Å². The molecule has 1 spiro atoms. The van der Waals surface area contributed by atoms with E-state index >= 15 is 0 Å². The molecule has 3 fully saturated rings. The molecule has 6 rings (SSSR count). The van der Waals surface area contributed by atoms with Crippen LogP contribution in [0.1, 0.15) is 35.1 Å². The number of rotatable bonds is 3. The second-order valence-electron chi connectivity index (χ2n) is 10.1. The summed E-state index contributed by atoms with van der Waals surface area (Å²) in [4.78, 5) is 56.1. The molecule has 4 atom stereocenters. The molecule has 0 radical (unpaired) electrons. The van der Waals surface area contributed by atoms with Crippen LogP contribution in [0.4, 0.5) is 17.1 Å². The molecule has 2 aromatic rings. The van der Waals surface area contributed by atoms with Crippen LogP contribution in [0.3, 0.4) is 0 Å².